The lowest BCUT2D eigenvalue weighted by Gasteiger charge is -2.07. The molecule has 1 atom stereocenters. The van der Waals surface area contributed by atoms with Gasteiger partial charge in [0, 0.05) is 16.7 Å². The van der Waals surface area contributed by atoms with Gasteiger partial charge in [0.1, 0.15) is 12.4 Å². The summed E-state index contributed by atoms with van der Waals surface area (Å²) in [7, 11) is 1.59. The van der Waals surface area contributed by atoms with Crippen molar-refractivity contribution in [1.82, 2.24) is 0 Å². The van der Waals surface area contributed by atoms with E-state index in [9.17, 15) is 4.79 Å². The molecule has 0 radical (unpaired) electrons. The minimum Gasteiger partial charge on any atom is -0.497 e. The minimum absolute atomic E-state index is 0.267. The number of ether oxygens (including phenoxy) is 2. The molecule has 5 heteroatoms. The highest BCUT2D eigenvalue weighted by atomic mass is 79.9. The zero-order chi connectivity index (χ0) is 15.5. The topological polar surface area (TPSA) is 38.5 Å². The summed E-state index contributed by atoms with van der Waals surface area (Å²) in [5, 5.41) is 0. The summed E-state index contributed by atoms with van der Waals surface area (Å²) in [5.74, 6) is 0.422. The summed E-state index contributed by atoms with van der Waals surface area (Å²) in [6.07, 6.45) is 0. The van der Waals surface area contributed by atoms with Crippen LogP contribution >= 0.6 is 15.9 Å². The second-order valence-corrected chi connectivity index (χ2v) is 6.03. The van der Waals surface area contributed by atoms with Crippen molar-refractivity contribution in [3.63, 3.8) is 0 Å². The molecule has 1 fully saturated rings. The van der Waals surface area contributed by atoms with Gasteiger partial charge in [-0.3, -0.25) is 0 Å². The maximum atomic E-state index is 12.0. The lowest BCUT2D eigenvalue weighted by atomic mass is 10.2. The van der Waals surface area contributed by atoms with Gasteiger partial charge >= 0.3 is 5.97 Å². The summed E-state index contributed by atoms with van der Waals surface area (Å²) in [5.41, 5.74) is 1.69. The molecular formula is C17H16BrNO3. The molecule has 0 aliphatic carbocycles. The van der Waals surface area contributed by atoms with Crippen LogP contribution < -0.4 is 9.64 Å². The van der Waals surface area contributed by atoms with E-state index in [1.165, 1.54) is 0 Å². The molecule has 1 aliphatic heterocycles. The van der Waals surface area contributed by atoms with Gasteiger partial charge < -0.3 is 14.4 Å². The van der Waals surface area contributed by atoms with Gasteiger partial charge in [-0.1, -0.05) is 15.9 Å². The van der Waals surface area contributed by atoms with Crippen molar-refractivity contribution in [1.29, 1.82) is 0 Å². The quantitative estimate of drug-likeness (QED) is 0.603. The van der Waals surface area contributed by atoms with Crippen molar-refractivity contribution < 1.29 is 14.3 Å². The summed E-state index contributed by atoms with van der Waals surface area (Å²) >= 11 is 3.42. The van der Waals surface area contributed by atoms with Crippen LogP contribution in [-0.2, 0) is 4.74 Å². The van der Waals surface area contributed by atoms with Crippen molar-refractivity contribution in [2.45, 2.75) is 6.04 Å². The molecule has 22 heavy (non-hydrogen) atoms. The molecule has 2 aromatic rings. The molecule has 0 N–H and O–H groups in total. The zero-order valence-electron chi connectivity index (χ0n) is 12.2. The maximum absolute atomic E-state index is 12.0. The van der Waals surface area contributed by atoms with E-state index in [-0.39, 0.29) is 12.0 Å². The molecule has 3 rings (SSSR count). The normalized spacial score (nSPS) is 16.3. The Kier molecular flexibility index (Phi) is 4.34. The van der Waals surface area contributed by atoms with E-state index in [4.69, 9.17) is 9.47 Å². The lowest BCUT2D eigenvalue weighted by molar-refractivity contribution is 0.0510. The largest absolute Gasteiger partial charge is 0.497 e. The highest BCUT2D eigenvalue weighted by Gasteiger charge is 2.35. The first-order valence-corrected chi connectivity index (χ1v) is 7.80. The third-order valence-corrected chi connectivity index (χ3v) is 4.13. The van der Waals surface area contributed by atoms with Crippen LogP contribution in [0.25, 0.3) is 0 Å². The molecule has 0 saturated carbocycles. The first-order valence-electron chi connectivity index (χ1n) is 7.01. The molecule has 114 valence electrons. The average molecular weight is 362 g/mol. The van der Waals surface area contributed by atoms with Crippen LogP contribution in [-0.4, -0.2) is 32.3 Å². The number of hydrogen-bond acceptors (Lipinski definition) is 4. The number of anilines is 1. The predicted molar refractivity (Wildman–Crippen MR) is 88.6 cm³/mol. The Morgan fingerprint density at radius 2 is 1.86 bits per heavy atom. The van der Waals surface area contributed by atoms with Gasteiger partial charge in [-0.2, -0.15) is 0 Å². The van der Waals surface area contributed by atoms with Gasteiger partial charge in [0.15, 0.2) is 0 Å². The first-order chi connectivity index (χ1) is 10.7. The molecule has 0 bridgehead atoms. The number of benzene rings is 2. The summed E-state index contributed by atoms with van der Waals surface area (Å²) in [4.78, 5) is 14.2. The number of hydrogen-bond donors (Lipinski definition) is 0. The van der Waals surface area contributed by atoms with Crippen molar-refractivity contribution in [2.75, 3.05) is 25.2 Å². The Morgan fingerprint density at radius 3 is 2.50 bits per heavy atom. The summed E-state index contributed by atoms with van der Waals surface area (Å²) in [6, 6.07) is 15.3. The first kappa shape index (κ1) is 14.9. The van der Waals surface area contributed by atoms with Gasteiger partial charge in [-0.25, -0.2) is 4.79 Å². The molecule has 1 saturated heterocycles. The van der Waals surface area contributed by atoms with Crippen LogP contribution in [0.1, 0.15) is 10.4 Å². The highest BCUT2D eigenvalue weighted by molar-refractivity contribution is 9.10. The predicted octanol–water partition coefficient (Wildman–Crippen LogP) is 3.50. The van der Waals surface area contributed by atoms with E-state index in [2.05, 4.69) is 33.0 Å². The number of nitrogens with zero attached hydrogens (tertiary/aromatic N) is 1. The number of rotatable bonds is 5. The van der Waals surface area contributed by atoms with Crippen molar-refractivity contribution in [2.24, 2.45) is 0 Å². The molecule has 1 heterocycles. The number of halogens is 1. The summed E-state index contributed by atoms with van der Waals surface area (Å²) in [6.45, 7) is 1.32. The van der Waals surface area contributed by atoms with Crippen LogP contribution in [0.4, 0.5) is 5.69 Å². The fourth-order valence-corrected chi connectivity index (χ4v) is 2.52. The molecule has 1 aliphatic rings. The molecule has 2 aromatic carbocycles. The van der Waals surface area contributed by atoms with Crippen LogP contribution in [0.5, 0.6) is 5.75 Å². The molecule has 4 nitrogen and oxygen atoms in total. The summed E-state index contributed by atoms with van der Waals surface area (Å²) < 4.78 is 11.5. The lowest BCUT2D eigenvalue weighted by Crippen LogP contribution is -2.13. The van der Waals surface area contributed by atoms with Crippen LogP contribution in [0.2, 0.25) is 0 Å². The second-order valence-electron chi connectivity index (χ2n) is 5.11. The fourth-order valence-electron chi connectivity index (χ4n) is 2.25. The van der Waals surface area contributed by atoms with E-state index in [0.29, 0.717) is 12.2 Å². The fraction of sp³-hybridized carbons (Fsp3) is 0.235. The van der Waals surface area contributed by atoms with E-state index in [1.807, 2.05) is 12.1 Å². The van der Waals surface area contributed by atoms with Crippen LogP contribution in [0.3, 0.4) is 0 Å². The molecule has 1 unspecified atom stereocenters. The van der Waals surface area contributed by atoms with Gasteiger partial charge in [-0.05, 0) is 48.5 Å². The van der Waals surface area contributed by atoms with Gasteiger partial charge in [-0.15, -0.1) is 0 Å². The molecular weight excluding hydrogens is 346 g/mol. The van der Waals surface area contributed by atoms with Crippen molar-refractivity contribution in [3.05, 3.63) is 58.6 Å². The standard InChI is InChI=1S/C17H16BrNO3/c1-21-16-8-2-12(3-9-16)17(20)22-11-15-10-19(15)14-6-4-13(18)5-7-14/h2-9,15H,10-11H2,1H3. The van der Waals surface area contributed by atoms with Gasteiger partial charge in [0.2, 0.25) is 0 Å². The van der Waals surface area contributed by atoms with Crippen LogP contribution in [0.15, 0.2) is 53.0 Å². The smallest absolute Gasteiger partial charge is 0.338 e. The average Bonchev–Trinajstić information content (AvgIpc) is 3.33. The molecule has 0 amide bonds. The SMILES string of the molecule is COc1ccc(C(=O)OCC2CN2c2ccc(Br)cc2)cc1. The zero-order valence-corrected chi connectivity index (χ0v) is 13.7. The second kappa shape index (κ2) is 6.40. The molecule has 0 spiro atoms. The molecule has 0 aromatic heterocycles. The number of methoxy groups -OCH3 is 1. The van der Waals surface area contributed by atoms with E-state index >= 15 is 0 Å². The van der Waals surface area contributed by atoms with Crippen molar-refractivity contribution >= 4 is 27.6 Å². The Labute approximate surface area is 137 Å². The van der Waals surface area contributed by atoms with Crippen LogP contribution in [0, 0.1) is 0 Å². The van der Waals surface area contributed by atoms with E-state index in [1.54, 1.807) is 31.4 Å². The Morgan fingerprint density at radius 1 is 1.18 bits per heavy atom. The minimum atomic E-state index is -0.301. The van der Waals surface area contributed by atoms with Gasteiger partial charge in [0.25, 0.3) is 0 Å². The number of esters is 1. The Bertz CT molecular complexity index is 655. The van der Waals surface area contributed by atoms with Crippen molar-refractivity contribution in [3.8, 4) is 5.75 Å². The highest BCUT2D eigenvalue weighted by Crippen LogP contribution is 2.29. The monoisotopic (exact) mass is 361 g/mol. The number of carbonyl (C=O) groups is 1. The maximum Gasteiger partial charge on any atom is 0.338 e. The van der Waals surface area contributed by atoms with E-state index < -0.39 is 0 Å². The third kappa shape index (κ3) is 3.42. The Balaban J connectivity index is 1.51. The number of carbonyl (C=O) groups excluding carboxylic acids is 1. The van der Waals surface area contributed by atoms with Gasteiger partial charge in [0.05, 0.1) is 18.7 Å². The Hall–Kier alpha value is -2.01. The van der Waals surface area contributed by atoms with E-state index in [0.717, 1.165) is 22.5 Å². The third-order valence-electron chi connectivity index (χ3n) is 3.61.